The van der Waals surface area contributed by atoms with Gasteiger partial charge in [-0.2, -0.15) is 0 Å². The van der Waals surface area contributed by atoms with E-state index in [9.17, 15) is 9.59 Å². The highest BCUT2D eigenvalue weighted by Gasteiger charge is 2.06. The first-order valence-electron chi connectivity index (χ1n) is 4.30. The van der Waals surface area contributed by atoms with Gasteiger partial charge in [-0.1, -0.05) is 5.16 Å². The molecule has 0 saturated heterocycles. The number of aryl methyl sites for hydroxylation is 1. The Bertz CT molecular complexity index is 344. The van der Waals surface area contributed by atoms with Crippen molar-refractivity contribution >= 4 is 17.6 Å². The number of nitrogens with zero attached hydrogens (tertiary/aromatic N) is 1. The first kappa shape index (κ1) is 10.4. The third-order valence-electron chi connectivity index (χ3n) is 1.59. The third-order valence-corrected chi connectivity index (χ3v) is 1.59. The molecule has 1 rings (SSSR count). The molecule has 0 radical (unpaired) electrons. The van der Waals surface area contributed by atoms with Crippen LogP contribution in [0.15, 0.2) is 10.6 Å². The molecule has 0 fully saturated rings. The average Bonchev–Trinajstić information content (AvgIpc) is 2.48. The van der Waals surface area contributed by atoms with Crippen LogP contribution in [0.25, 0.3) is 0 Å². The van der Waals surface area contributed by atoms with Crippen LogP contribution >= 0.6 is 0 Å². The molecule has 5 heteroatoms. The molecular weight excluding hydrogens is 184 g/mol. The smallest absolute Gasteiger partial charge is 0.231 e. The predicted molar refractivity (Wildman–Crippen MR) is 49.8 cm³/mol. The minimum absolute atomic E-state index is 0.00565. The van der Waals surface area contributed by atoms with E-state index in [2.05, 4.69) is 10.5 Å². The molecular formula is C9H12N2O3. The molecule has 5 nitrogen and oxygen atoms in total. The summed E-state index contributed by atoms with van der Waals surface area (Å²) in [6.07, 6.45) is 0.425. The number of Topliss-reactive ketones (excluding diaryl/α,β-unsaturated/α-hetero) is 1. The number of nitrogens with one attached hydrogen (secondary N) is 1. The van der Waals surface area contributed by atoms with Crippen LogP contribution in [0.3, 0.4) is 0 Å². The van der Waals surface area contributed by atoms with Gasteiger partial charge >= 0.3 is 0 Å². The number of carbonyl (C=O) groups excluding carboxylic acids is 2. The Morgan fingerprint density at radius 1 is 1.50 bits per heavy atom. The van der Waals surface area contributed by atoms with Crippen LogP contribution < -0.4 is 5.32 Å². The third kappa shape index (κ3) is 3.38. The van der Waals surface area contributed by atoms with E-state index in [4.69, 9.17) is 4.52 Å². The first-order valence-corrected chi connectivity index (χ1v) is 4.30. The molecule has 0 spiro atoms. The van der Waals surface area contributed by atoms with Crippen molar-refractivity contribution < 1.29 is 14.1 Å². The normalized spacial score (nSPS) is 9.86. The Morgan fingerprint density at radius 3 is 2.71 bits per heavy atom. The summed E-state index contributed by atoms with van der Waals surface area (Å²) in [5, 5.41) is 6.11. The van der Waals surface area contributed by atoms with Gasteiger partial charge in [0.25, 0.3) is 0 Å². The van der Waals surface area contributed by atoms with Gasteiger partial charge in [0, 0.05) is 18.9 Å². The lowest BCUT2D eigenvalue weighted by atomic mass is 10.2. The summed E-state index contributed by atoms with van der Waals surface area (Å²) >= 11 is 0. The lowest BCUT2D eigenvalue weighted by Crippen LogP contribution is -2.11. The summed E-state index contributed by atoms with van der Waals surface area (Å²) in [6.45, 7) is 3.21. The van der Waals surface area contributed by atoms with Gasteiger partial charge in [0.05, 0.1) is 5.69 Å². The highest BCUT2D eigenvalue weighted by molar-refractivity contribution is 5.92. The van der Waals surface area contributed by atoms with E-state index < -0.39 is 0 Å². The largest absolute Gasteiger partial charge is 0.338 e. The fourth-order valence-electron chi connectivity index (χ4n) is 0.912. The minimum atomic E-state index is -0.239. The molecule has 0 atom stereocenters. The lowest BCUT2D eigenvalue weighted by molar-refractivity contribution is -0.121. The number of ketones is 1. The van der Waals surface area contributed by atoms with Gasteiger partial charge in [0.15, 0.2) is 0 Å². The van der Waals surface area contributed by atoms with Crippen molar-refractivity contribution in [3.8, 4) is 0 Å². The van der Waals surface area contributed by atoms with Crippen LogP contribution in [0, 0.1) is 6.92 Å². The zero-order valence-electron chi connectivity index (χ0n) is 8.16. The van der Waals surface area contributed by atoms with Gasteiger partial charge < -0.3 is 9.32 Å². The summed E-state index contributed by atoms with van der Waals surface area (Å²) in [7, 11) is 0. The van der Waals surface area contributed by atoms with Crippen LogP contribution in [0.2, 0.25) is 0 Å². The maximum Gasteiger partial charge on any atom is 0.231 e. The van der Waals surface area contributed by atoms with Gasteiger partial charge in [-0.05, 0) is 13.8 Å². The van der Waals surface area contributed by atoms with E-state index in [0.717, 1.165) is 0 Å². The van der Waals surface area contributed by atoms with Crippen LogP contribution in [-0.4, -0.2) is 16.8 Å². The predicted octanol–water partition coefficient (Wildman–Crippen LogP) is 1.29. The maximum atomic E-state index is 11.2. The molecule has 0 aromatic carbocycles. The van der Waals surface area contributed by atoms with Crippen molar-refractivity contribution in [3.63, 3.8) is 0 Å². The van der Waals surface area contributed by atoms with E-state index >= 15 is 0 Å². The standard InChI is InChI=1S/C9H12N2O3/c1-6-5-9(14-11-6)10-8(13)4-3-7(2)12/h5H,3-4H2,1-2H3,(H,10,13). The molecule has 0 aliphatic rings. The van der Waals surface area contributed by atoms with Crippen LogP contribution in [-0.2, 0) is 9.59 Å². The second-order valence-corrected chi connectivity index (χ2v) is 3.08. The lowest BCUT2D eigenvalue weighted by Gasteiger charge is -1.97. The molecule has 1 aromatic heterocycles. The highest BCUT2D eigenvalue weighted by atomic mass is 16.5. The number of hydrogen-bond donors (Lipinski definition) is 1. The van der Waals surface area contributed by atoms with E-state index in [1.54, 1.807) is 13.0 Å². The summed E-state index contributed by atoms with van der Waals surface area (Å²) < 4.78 is 4.77. The van der Waals surface area contributed by atoms with Crippen molar-refractivity contribution in [2.24, 2.45) is 0 Å². The molecule has 0 aliphatic carbocycles. The van der Waals surface area contributed by atoms with E-state index in [1.807, 2.05) is 0 Å². The van der Waals surface area contributed by atoms with Crippen molar-refractivity contribution in [2.45, 2.75) is 26.7 Å². The second kappa shape index (κ2) is 4.55. The van der Waals surface area contributed by atoms with Gasteiger partial charge in [0.1, 0.15) is 5.78 Å². The van der Waals surface area contributed by atoms with Gasteiger partial charge in [-0.15, -0.1) is 0 Å². The number of hydrogen-bond acceptors (Lipinski definition) is 4. The number of carbonyl (C=O) groups is 2. The van der Waals surface area contributed by atoms with E-state index in [1.165, 1.54) is 6.92 Å². The summed E-state index contributed by atoms with van der Waals surface area (Å²) in [5.41, 5.74) is 0.701. The maximum absolute atomic E-state index is 11.2. The SMILES string of the molecule is CC(=O)CCC(=O)Nc1cc(C)no1. The van der Waals surface area contributed by atoms with Gasteiger partial charge in [-0.25, -0.2) is 0 Å². The number of rotatable bonds is 4. The topological polar surface area (TPSA) is 72.2 Å². The Morgan fingerprint density at radius 2 is 2.21 bits per heavy atom. The monoisotopic (exact) mass is 196 g/mol. The van der Waals surface area contributed by atoms with E-state index in [0.29, 0.717) is 11.6 Å². The highest BCUT2D eigenvalue weighted by Crippen LogP contribution is 2.08. The molecule has 76 valence electrons. The minimum Gasteiger partial charge on any atom is -0.338 e. The number of amides is 1. The van der Waals surface area contributed by atoms with Crippen LogP contribution in [0.5, 0.6) is 0 Å². The zero-order chi connectivity index (χ0) is 10.6. The summed E-state index contributed by atoms with van der Waals surface area (Å²) in [5.74, 6) is 0.0707. The Balaban J connectivity index is 2.37. The molecule has 14 heavy (non-hydrogen) atoms. The van der Waals surface area contributed by atoms with Crippen molar-refractivity contribution in [1.29, 1.82) is 0 Å². The fourth-order valence-corrected chi connectivity index (χ4v) is 0.912. The van der Waals surface area contributed by atoms with Crippen molar-refractivity contribution in [2.75, 3.05) is 5.32 Å². The van der Waals surface area contributed by atoms with Crippen LogP contribution in [0.1, 0.15) is 25.5 Å². The van der Waals surface area contributed by atoms with Crippen molar-refractivity contribution in [1.82, 2.24) is 5.16 Å². The Hall–Kier alpha value is -1.65. The Kier molecular flexibility index (Phi) is 3.39. The van der Waals surface area contributed by atoms with E-state index in [-0.39, 0.29) is 24.5 Å². The van der Waals surface area contributed by atoms with Crippen molar-refractivity contribution in [3.05, 3.63) is 11.8 Å². The Labute approximate surface area is 81.5 Å². The first-order chi connectivity index (χ1) is 6.58. The number of anilines is 1. The quantitative estimate of drug-likeness (QED) is 0.787. The molecule has 1 heterocycles. The molecule has 1 N–H and O–H groups in total. The molecule has 0 bridgehead atoms. The summed E-state index contributed by atoms with van der Waals surface area (Å²) in [6, 6.07) is 1.62. The molecule has 0 saturated carbocycles. The fraction of sp³-hybridized carbons (Fsp3) is 0.444. The molecule has 1 aromatic rings. The van der Waals surface area contributed by atoms with Gasteiger partial charge in [-0.3, -0.25) is 10.1 Å². The zero-order valence-corrected chi connectivity index (χ0v) is 8.16. The molecule has 0 unspecified atom stereocenters. The summed E-state index contributed by atoms with van der Waals surface area (Å²) in [4.78, 5) is 21.8. The van der Waals surface area contributed by atoms with Crippen LogP contribution in [0.4, 0.5) is 5.88 Å². The number of aromatic nitrogens is 1. The molecule has 1 amide bonds. The molecule has 0 aliphatic heterocycles. The van der Waals surface area contributed by atoms with Gasteiger partial charge in [0.2, 0.25) is 11.8 Å². The second-order valence-electron chi connectivity index (χ2n) is 3.08. The average molecular weight is 196 g/mol.